The summed E-state index contributed by atoms with van der Waals surface area (Å²) in [6, 6.07) is 4.27. The predicted molar refractivity (Wildman–Crippen MR) is 93.0 cm³/mol. The second kappa shape index (κ2) is 8.78. The summed E-state index contributed by atoms with van der Waals surface area (Å²) in [6.07, 6.45) is 3.12. The maximum Gasteiger partial charge on any atom is 0.220 e. The summed E-state index contributed by atoms with van der Waals surface area (Å²) in [7, 11) is 4.76. The van der Waals surface area contributed by atoms with E-state index in [1.165, 1.54) is 0 Å². The molecule has 1 aliphatic heterocycles. The predicted octanol–water partition coefficient (Wildman–Crippen LogP) is 1.90. The van der Waals surface area contributed by atoms with Crippen LogP contribution in [-0.2, 0) is 11.2 Å². The van der Waals surface area contributed by atoms with Gasteiger partial charge in [0.05, 0.1) is 21.3 Å². The molecule has 1 amide bonds. The molecule has 1 aliphatic rings. The molecule has 0 radical (unpaired) electrons. The van der Waals surface area contributed by atoms with Crippen LogP contribution in [0.1, 0.15) is 31.7 Å². The molecule has 0 aliphatic carbocycles. The van der Waals surface area contributed by atoms with Crippen LogP contribution in [0.4, 0.5) is 0 Å². The Hall–Kier alpha value is -1.95. The molecular formula is C18H28N2O4. The van der Waals surface area contributed by atoms with Crippen LogP contribution >= 0.6 is 0 Å². The molecule has 0 spiro atoms. The zero-order valence-electron chi connectivity index (χ0n) is 15.0. The normalized spacial score (nSPS) is 20.3. The van der Waals surface area contributed by atoms with Gasteiger partial charge in [-0.25, -0.2) is 0 Å². The van der Waals surface area contributed by atoms with Crippen molar-refractivity contribution in [3.63, 3.8) is 0 Å². The molecular weight excluding hydrogens is 308 g/mol. The van der Waals surface area contributed by atoms with Gasteiger partial charge in [0.2, 0.25) is 11.7 Å². The molecule has 0 saturated carbocycles. The Morgan fingerprint density at radius 3 is 2.58 bits per heavy atom. The summed E-state index contributed by atoms with van der Waals surface area (Å²) in [6.45, 7) is 3.14. The lowest BCUT2D eigenvalue weighted by Gasteiger charge is -2.30. The molecule has 6 nitrogen and oxygen atoms in total. The summed E-state index contributed by atoms with van der Waals surface area (Å²) < 4.78 is 16.1. The number of hydrogen-bond acceptors (Lipinski definition) is 5. The Kier molecular flexibility index (Phi) is 6.73. The molecule has 1 aromatic carbocycles. The molecule has 1 heterocycles. The average Bonchev–Trinajstić information content (AvgIpc) is 2.60. The molecule has 1 saturated heterocycles. The fourth-order valence-electron chi connectivity index (χ4n) is 3.13. The first-order chi connectivity index (χ1) is 11.6. The maximum atomic E-state index is 12.3. The van der Waals surface area contributed by atoms with Crippen molar-refractivity contribution in [2.24, 2.45) is 0 Å². The Bertz CT molecular complexity index is 562. The van der Waals surface area contributed by atoms with Crippen molar-refractivity contribution >= 4 is 5.91 Å². The van der Waals surface area contributed by atoms with Crippen LogP contribution in [0.5, 0.6) is 17.2 Å². The first-order valence-electron chi connectivity index (χ1n) is 8.41. The fourth-order valence-corrected chi connectivity index (χ4v) is 3.13. The third-order valence-electron chi connectivity index (χ3n) is 4.52. The van der Waals surface area contributed by atoms with Gasteiger partial charge in [-0.05, 0) is 44.4 Å². The lowest BCUT2D eigenvalue weighted by molar-refractivity contribution is -0.122. The van der Waals surface area contributed by atoms with Gasteiger partial charge in [-0.2, -0.15) is 0 Å². The van der Waals surface area contributed by atoms with Gasteiger partial charge in [-0.1, -0.05) is 6.07 Å². The molecule has 2 atom stereocenters. The minimum absolute atomic E-state index is 0.0624. The molecule has 1 fully saturated rings. The Balaban J connectivity index is 1.99. The number of carbonyl (C=O) groups is 1. The van der Waals surface area contributed by atoms with E-state index < -0.39 is 0 Å². The van der Waals surface area contributed by atoms with Crippen molar-refractivity contribution in [2.75, 3.05) is 27.9 Å². The van der Waals surface area contributed by atoms with Gasteiger partial charge in [0.1, 0.15) is 0 Å². The van der Waals surface area contributed by atoms with Gasteiger partial charge in [0, 0.05) is 18.5 Å². The minimum Gasteiger partial charge on any atom is -0.493 e. The SMILES string of the molecule is COc1ccc(CCC(=O)NC2CCCNC2C)c(OC)c1OC. The van der Waals surface area contributed by atoms with E-state index in [4.69, 9.17) is 14.2 Å². The van der Waals surface area contributed by atoms with Crippen molar-refractivity contribution in [3.8, 4) is 17.2 Å². The van der Waals surface area contributed by atoms with Crippen LogP contribution in [0.3, 0.4) is 0 Å². The second-order valence-corrected chi connectivity index (χ2v) is 6.05. The third-order valence-corrected chi connectivity index (χ3v) is 4.52. The van der Waals surface area contributed by atoms with Crippen LogP contribution in [0.25, 0.3) is 0 Å². The number of amides is 1. The van der Waals surface area contributed by atoms with Gasteiger partial charge in [-0.15, -0.1) is 0 Å². The van der Waals surface area contributed by atoms with E-state index >= 15 is 0 Å². The second-order valence-electron chi connectivity index (χ2n) is 6.05. The minimum atomic E-state index is 0.0624. The maximum absolute atomic E-state index is 12.3. The summed E-state index contributed by atoms with van der Waals surface area (Å²) in [5.41, 5.74) is 0.931. The monoisotopic (exact) mass is 336 g/mol. The van der Waals surface area contributed by atoms with Gasteiger partial charge >= 0.3 is 0 Å². The van der Waals surface area contributed by atoms with Gasteiger partial charge in [0.15, 0.2) is 11.5 Å². The third kappa shape index (κ3) is 4.32. The van der Waals surface area contributed by atoms with E-state index in [0.29, 0.717) is 36.1 Å². The van der Waals surface area contributed by atoms with Crippen molar-refractivity contribution in [3.05, 3.63) is 17.7 Å². The number of methoxy groups -OCH3 is 3. The highest BCUT2D eigenvalue weighted by atomic mass is 16.5. The van der Waals surface area contributed by atoms with Crippen LogP contribution in [-0.4, -0.2) is 45.9 Å². The van der Waals surface area contributed by atoms with Crippen molar-refractivity contribution in [1.82, 2.24) is 10.6 Å². The molecule has 134 valence electrons. The first kappa shape index (κ1) is 18.4. The molecule has 2 unspecified atom stereocenters. The molecule has 2 rings (SSSR count). The van der Waals surface area contributed by atoms with Crippen LogP contribution < -0.4 is 24.8 Å². The molecule has 6 heteroatoms. The topological polar surface area (TPSA) is 68.8 Å². The smallest absolute Gasteiger partial charge is 0.220 e. The number of rotatable bonds is 7. The van der Waals surface area contributed by atoms with Crippen LogP contribution in [0.15, 0.2) is 12.1 Å². The van der Waals surface area contributed by atoms with Crippen molar-refractivity contribution < 1.29 is 19.0 Å². The number of nitrogens with one attached hydrogen (secondary N) is 2. The van der Waals surface area contributed by atoms with Crippen molar-refractivity contribution in [2.45, 2.75) is 44.7 Å². The van der Waals surface area contributed by atoms with E-state index in [0.717, 1.165) is 24.9 Å². The van der Waals surface area contributed by atoms with E-state index in [9.17, 15) is 4.79 Å². The highest BCUT2D eigenvalue weighted by molar-refractivity contribution is 5.77. The zero-order valence-corrected chi connectivity index (χ0v) is 15.0. The molecule has 0 aromatic heterocycles. The Labute approximate surface area is 143 Å². The summed E-state index contributed by atoms with van der Waals surface area (Å²) >= 11 is 0. The van der Waals surface area contributed by atoms with E-state index in [1.807, 2.05) is 12.1 Å². The van der Waals surface area contributed by atoms with Gasteiger partial charge in [0.25, 0.3) is 0 Å². The van der Waals surface area contributed by atoms with E-state index in [2.05, 4.69) is 17.6 Å². The summed E-state index contributed by atoms with van der Waals surface area (Å²) in [5.74, 6) is 1.86. The number of ether oxygens (including phenoxy) is 3. The van der Waals surface area contributed by atoms with E-state index in [1.54, 1.807) is 21.3 Å². The molecule has 24 heavy (non-hydrogen) atoms. The number of aryl methyl sites for hydroxylation is 1. The standard InChI is InChI=1S/C18H28N2O4/c1-12-14(6-5-11-19-12)20-16(21)10-8-13-7-9-15(22-2)18(24-4)17(13)23-3/h7,9,12,14,19H,5-6,8,10-11H2,1-4H3,(H,20,21). The molecule has 0 bridgehead atoms. The van der Waals surface area contributed by atoms with E-state index in [-0.39, 0.29) is 11.9 Å². The van der Waals surface area contributed by atoms with Gasteiger partial charge in [-0.3, -0.25) is 4.79 Å². The van der Waals surface area contributed by atoms with Crippen LogP contribution in [0.2, 0.25) is 0 Å². The van der Waals surface area contributed by atoms with Crippen LogP contribution in [0, 0.1) is 0 Å². The number of hydrogen-bond donors (Lipinski definition) is 2. The lowest BCUT2D eigenvalue weighted by Crippen LogP contribution is -2.51. The summed E-state index contributed by atoms with van der Waals surface area (Å²) in [4.78, 5) is 12.3. The Morgan fingerprint density at radius 2 is 1.96 bits per heavy atom. The molecule has 2 N–H and O–H groups in total. The van der Waals surface area contributed by atoms with Gasteiger partial charge < -0.3 is 24.8 Å². The average molecular weight is 336 g/mol. The molecule has 1 aromatic rings. The first-order valence-corrected chi connectivity index (χ1v) is 8.41. The lowest BCUT2D eigenvalue weighted by atomic mass is 9.99. The number of carbonyl (C=O) groups excluding carboxylic acids is 1. The van der Waals surface area contributed by atoms with Crippen molar-refractivity contribution in [1.29, 1.82) is 0 Å². The largest absolute Gasteiger partial charge is 0.493 e. The number of piperidine rings is 1. The highest BCUT2D eigenvalue weighted by Crippen LogP contribution is 2.40. The Morgan fingerprint density at radius 1 is 1.21 bits per heavy atom. The highest BCUT2D eigenvalue weighted by Gasteiger charge is 2.22. The zero-order chi connectivity index (χ0) is 17.5. The quantitative estimate of drug-likeness (QED) is 0.796. The number of benzene rings is 1. The fraction of sp³-hybridized carbons (Fsp3) is 0.611. The summed E-state index contributed by atoms with van der Waals surface area (Å²) in [5, 5.41) is 6.52.